The zero-order chi connectivity index (χ0) is 15.1. The third-order valence-electron chi connectivity index (χ3n) is 2.70. The minimum atomic E-state index is -5.22. The lowest BCUT2D eigenvalue weighted by Crippen LogP contribution is -2.69. The number of furan rings is 1. The molecular formula is C10H8F3N3O4. The largest absolute Gasteiger partial charge is 0.459 e. The molecule has 20 heavy (non-hydrogen) atoms. The zero-order valence-corrected chi connectivity index (χ0v) is 9.95. The molecule has 4 amide bonds. The van der Waals surface area contributed by atoms with Gasteiger partial charge in [-0.05, 0) is 12.1 Å². The second-order valence-corrected chi connectivity index (χ2v) is 3.97. The van der Waals surface area contributed by atoms with E-state index >= 15 is 0 Å². The van der Waals surface area contributed by atoms with E-state index in [2.05, 4.69) is 4.42 Å². The fourth-order valence-electron chi connectivity index (χ4n) is 1.63. The van der Waals surface area contributed by atoms with Crippen LogP contribution in [0.4, 0.5) is 18.0 Å². The van der Waals surface area contributed by atoms with Gasteiger partial charge in [0, 0.05) is 7.05 Å². The predicted octanol–water partition coefficient (Wildman–Crippen LogP) is 0.450. The number of alkyl halides is 3. The van der Waals surface area contributed by atoms with Crippen LogP contribution in [-0.2, 0) is 4.79 Å². The van der Waals surface area contributed by atoms with Crippen LogP contribution in [0.15, 0.2) is 22.8 Å². The zero-order valence-electron chi connectivity index (χ0n) is 9.95. The highest BCUT2D eigenvalue weighted by molar-refractivity contribution is 6.09. The van der Waals surface area contributed by atoms with Crippen LogP contribution in [0, 0.1) is 0 Å². The van der Waals surface area contributed by atoms with Crippen LogP contribution in [0.5, 0.6) is 0 Å². The minimum Gasteiger partial charge on any atom is -0.459 e. The van der Waals surface area contributed by atoms with Gasteiger partial charge in [-0.15, -0.1) is 0 Å². The van der Waals surface area contributed by atoms with Crippen LogP contribution in [0.3, 0.4) is 0 Å². The number of amides is 4. The normalized spacial score (nSPS) is 22.9. The molecule has 2 heterocycles. The van der Waals surface area contributed by atoms with Crippen LogP contribution in [0.2, 0.25) is 0 Å². The highest BCUT2D eigenvalue weighted by Crippen LogP contribution is 2.33. The minimum absolute atomic E-state index is 0.232. The Morgan fingerprint density at radius 3 is 2.50 bits per heavy atom. The molecule has 0 aromatic carbocycles. The number of carbonyl (C=O) groups excluding carboxylic acids is 3. The maximum absolute atomic E-state index is 13.1. The quantitative estimate of drug-likeness (QED) is 0.774. The Bertz CT molecular complexity index is 569. The van der Waals surface area contributed by atoms with Crippen molar-refractivity contribution in [1.82, 2.24) is 15.5 Å². The van der Waals surface area contributed by atoms with Crippen molar-refractivity contribution in [3.63, 3.8) is 0 Å². The average Bonchev–Trinajstić information content (AvgIpc) is 2.93. The van der Waals surface area contributed by atoms with Gasteiger partial charge in [0.2, 0.25) is 0 Å². The van der Waals surface area contributed by atoms with Gasteiger partial charge in [-0.1, -0.05) is 0 Å². The molecule has 1 fully saturated rings. The molecule has 0 aliphatic carbocycles. The summed E-state index contributed by atoms with van der Waals surface area (Å²) in [6, 6.07) is 1.13. The number of hydrogen-bond donors (Lipinski definition) is 2. The summed E-state index contributed by atoms with van der Waals surface area (Å²) in [5.41, 5.74) is -3.50. The third-order valence-corrected chi connectivity index (χ3v) is 2.70. The van der Waals surface area contributed by atoms with Crippen molar-refractivity contribution in [2.75, 3.05) is 7.05 Å². The van der Waals surface area contributed by atoms with Gasteiger partial charge in [0.1, 0.15) is 0 Å². The van der Waals surface area contributed by atoms with Crippen LogP contribution < -0.4 is 10.6 Å². The van der Waals surface area contributed by atoms with Crippen molar-refractivity contribution in [1.29, 1.82) is 0 Å². The van der Waals surface area contributed by atoms with Gasteiger partial charge in [0.25, 0.3) is 17.5 Å². The van der Waals surface area contributed by atoms with E-state index in [4.69, 9.17) is 0 Å². The summed E-state index contributed by atoms with van der Waals surface area (Å²) in [7, 11) is 0.865. The molecule has 0 saturated carbocycles. The average molecular weight is 291 g/mol. The van der Waals surface area contributed by atoms with E-state index in [1.54, 1.807) is 0 Å². The molecule has 10 heteroatoms. The molecule has 1 atom stereocenters. The maximum atomic E-state index is 13.1. The molecule has 1 aromatic heterocycles. The molecule has 2 N–H and O–H groups in total. The van der Waals surface area contributed by atoms with E-state index in [-0.39, 0.29) is 4.90 Å². The molecule has 2 rings (SSSR count). The van der Waals surface area contributed by atoms with Crippen molar-refractivity contribution < 1.29 is 32.0 Å². The summed E-state index contributed by atoms with van der Waals surface area (Å²) < 4.78 is 44.0. The first-order chi connectivity index (χ1) is 9.19. The fraction of sp³-hybridized carbons (Fsp3) is 0.300. The lowest BCUT2D eigenvalue weighted by Gasteiger charge is -2.29. The Kier molecular flexibility index (Phi) is 2.95. The Hall–Kier alpha value is -2.52. The highest BCUT2D eigenvalue weighted by Gasteiger charge is 2.68. The fourth-order valence-corrected chi connectivity index (χ4v) is 1.63. The first kappa shape index (κ1) is 13.9. The van der Waals surface area contributed by atoms with Crippen LogP contribution in [-0.4, -0.2) is 41.6 Å². The van der Waals surface area contributed by atoms with Gasteiger partial charge in [-0.2, -0.15) is 13.2 Å². The number of urea groups is 1. The highest BCUT2D eigenvalue weighted by atomic mass is 19.4. The molecule has 1 aliphatic rings. The van der Waals surface area contributed by atoms with E-state index in [1.165, 1.54) is 16.7 Å². The van der Waals surface area contributed by atoms with E-state index < -0.39 is 35.4 Å². The van der Waals surface area contributed by atoms with Crippen LogP contribution in [0.25, 0.3) is 0 Å². The molecule has 1 aliphatic heterocycles. The molecule has 7 nitrogen and oxygen atoms in total. The van der Waals surface area contributed by atoms with Crippen molar-refractivity contribution in [2.45, 2.75) is 11.8 Å². The van der Waals surface area contributed by atoms with E-state index in [0.29, 0.717) is 0 Å². The standard InChI is InChI=1S/C10H8F3N3O4/c1-16-7(18)9(10(11,12)13,15-8(16)19)14-6(17)5-3-2-4-20-5/h2-4H,1H3,(H,14,17)(H,15,19). The topological polar surface area (TPSA) is 91.7 Å². The number of nitrogens with one attached hydrogen (secondary N) is 2. The van der Waals surface area contributed by atoms with Crippen molar-refractivity contribution >= 4 is 17.8 Å². The van der Waals surface area contributed by atoms with Crippen molar-refractivity contribution in [2.24, 2.45) is 0 Å². The first-order valence-electron chi connectivity index (χ1n) is 5.22. The number of nitrogens with zero attached hydrogens (tertiary/aromatic N) is 1. The number of halogens is 3. The van der Waals surface area contributed by atoms with Gasteiger partial charge < -0.3 is 9.73 Å². The smallest absolute Gasteiger partial charge is 0.440 e. The second kappa shape index (κ2) is 4.25. The lowest BCUT2D eigenvalue weighted by molar-refractivity contribution is -0.200. The molecule has 0 spiro atoms. The third kappa shape index (κ3) is 1.89. The van der Waals surface area contributed by atoms with Gasteiger partial charge in [0.15, 0.2) is 5.76 Å². The Morgan fingerprint density at radius 1 is 1.45 bits per heavy atom. The van der Waals surface area contributed by atoms with Gasteiger partial charge in [-0.3, -0.25) is 19.8 Å². The maximum Gasteiger partial charge on any atom is 0.440 e. The van der Waals surface area contributed by atoms with Crippen molar-refractivity contribution in [3.05, 3.63) is 24.2 Å². The number of imide groups is 1. The summed E-state index contributed by atoms with van der Waals surface area (Å²) >= 11 is 0. The molecule has 108 valence electrons. The lowest BCUT2D eigenvalue weighted by atomic mass is 10.1. The number of hydrogen-bond acceptors (Lipinski definition) is 4. The number of carbonyl (C=O) groups is 3. The summed E-state index contributed by atoms with van der Waals surface area (Å²) in [5, 5.41) is 2.90. The summed E-state index contributed by atoms with van der Waals surface area (Å²) in [5.74, 6) is -3.34. The van der Waals surface area contributed by atoms with Gasteiger partial charge >= 0.3 is 12.2 Å². The summed E-state index contributed by atoms with van der Waals surface area (Å²) in [4.78, 5) is 34.8. The molecule has 1 unspecified atom stereocenters. The Balaban J connectivity index is 2.38. The van der Waals surface area contributed by atoms with Crippen LogP contribution in [0.1, 0.15) is 10.6 Å². The van der Waals surface area contributed by atoms with Crippen molar-refractivity contribution in [3.8, 4) is 0 Å². The molecule has 1 saturated heterocycles. The van der Waals surface area contributed by atoms with E-state index in [1.807, 2.05) is 0 Å². The number of likely N-dealkylation sites (N-methyl/N-ethyl adjacent to an activating group) is 1. The Morgan fingerprint density at radius 2 is 2.10 bits per heavy atom. The predicted molar refractivity (Wildman–Crippen MR) is 56.3 cm³/mol. The van der Waals surface area contributed by atoms with Gasteiger partial charge in [0.05, 0.1) is 6.26 Å². The SMILES string of the molecule is CN1C(=O)NC(NC(=O)c2ccco2)(C(F)(F)F)C1=O. The molecule has 0 bridgehead atoms. The molecule has 1 aromatic rings. The summed E-state index contributed by atoms with van der Waals surface area (Å²) in [6.45, 7) is 0. The van der Waals surface area contributed by atoms with Crippen LogP contribution >= 0.6 is 0 Å². The Labute approximate surface area is 109 Å². The van der Waals surface area contributed by atoms with Gasteiger partial charge in [-0.25, -0.2) is 4.79 Å². The second-order valence-electron chi connectivity index (χ2n) is 3.97. The first-order valence-corrected chi connectivity index (χ1v) is 5.22. The monoisotopic (exact) mass is 291 g/mol. The molecular weight excluding hydrogens is 283 g/mol. The molecule has 0 radical (unpaired) electrons. The summed E-state index contributed by atoms with van der Waals surface area (Å²) in [6.07, 6.45) is -4.14. The van der Waals surface area contributed by atoms with E-state index in [0.717, 1.165) is 19.4 Å². The van der Waals surface area contributed by atoms with E-state index in [9.17, 15) is 27.6 Å². The number of rotatable bonds is 2.